The third-order valence-electron chi connectivity index (χ3n) is 6.87. The molecule has 2 aromatic heterocycles. The van der Waals surface area contributed by atoms with Gasteiger partial charge in [0.15, 0.2) is 5.11 Å². The lowest BCUT2D eigenvalue weighted by atomic mass is 10.0. The third-order valence-corrected chi connectivity index (χ3v) is 7.22. The Labute approximate surface area is 231 Å². The van der Waals surface area contributed by atoms with Gasteiger partial charge in [-0.25, -0.2) is 0 Å². The van der Waals surface area contributed by atoms with Crippen LogP contribution in [0.2, 0.25) is 0 Å². The van der Waals surface area contributed by atoms with Crippen molar-refractivity contribution in [3.63, 3.8) is 0 Å². The summed E-state index contributed by atoms with van der Waals surface area (Å²) in [6.07, 6.45) is 4.72. The first kappa shape index (κ1) is 26.1. The molecule has 9 nitrogen and oxygen atoms in total. The fraction of sp³-hybridized carbons (Fsp3) is 0.207. The number of hydrogen-bond donors (Lipinski definition) is 2. The fourth-order valence-corrected chi connectivity index (χ4v) is 5.29. The van der Waals surface area contributed by atoms with E-state index in [2.05, 4.69) is 22.5 Å². The number of nitrogens with one attached hydrogen (secondary N) is 2. The number of benzene rings is 2. The van der Waals surface area contributed by atoms with Crippen LogP contribution in [0.4, 0.5) is 11.4 Å². The number of hydrogen-bond acceptors (Lipinski definition) is 5. The van der Waals surface area contributed by atoms with E-state index in [0.717, 1.165) is 34.7 Å². The van der Waals surface area contributed by atoms with Crippen molar-refractivity contribution in [1.29, 1.82) is 0 Å². The van der Waals surface area contributed by atoms with Crippen LogP contribution in [0.15, 0.2) is 91.3 Å². The van der Waals surface area contributed by atoms with Gasteiger partial charge in [0.2, 0.25) is 5.91 Å². The smallest absolute Gasteiger partial charge is 0.269 e. The number of rotatable bonds is 9. The molecule has 1 amide bonds. The lowest BCUT2D eigenvalue weighted by Gasteiger charge is -2.29. The standard InChI is InChI=1S/C29H28N6O3S/c1-2-20-8-3-4-9-23(20)31-26(36)16-19-34-28(27(32-29(34)39)24-10-5-6-17-30-24)25-11-7-18-33(25)21-12-14-22(15-13-21)35(37)38/h3-15,17-18,27-28H,2,16,19H2,1H3,(H,31,36)(H,32,39)/t27-,28+/m0/s1. The molecule has 198 valence electrons. The molecule has 10 heteroatoms. The number of aromatic nitrogens is 2. The maximum atomic E-state index is 13.0. The second-order valence-corrected chi connectivity index (χ2v) is 9.59. The summed E-state index contributed by atoms with van der Waals surface area (Å²) in [4.78, 5) is 30.3. The van der Waals surface area contributed by atoms with Crippen LogP contribution < -0.4 is 10.6 Å². The highest BCUT2D eigenvalue weighted by atomic mass is 32.1. The number of nitrogens with zero attached hydrogens (tertiary/aromatic N) is 4. The van der Waals surface area contributed by atoms with Crippen LogP contribution in [0.1, 0.15) is 42.4 Å². The highest BCUT2D eigenvalue weighted by molar-refractivity contribution is 7.80. The second-order valence-electron chi connectivity index (χ2n) is 9.21. The molecule has 1 aliphatic rings. The molecule has 3 heterocycles. The third kappa shape index (κ3) is 5.51. The molecule has 0 aliphatic carbocycles. The van der Waals surface area contributed by atoms with Gasteiger partial charge in [-0.2, -0.15) is 0 Å². The van der Waals surface area contributed by atoms with Crippen LogP contribution in [-0.4, -0.2) is 36.9 Å². The lowest BCUT2D eigenvalue weighted by molar-refractivity contribution is -0.384. The number of non-ortho nitro benzene ring substituents is 1. The van der Waals surface area contributed by atoms with E-state index in [-0.39, 0.29) is 30.1 Å². The quantitative estimate of drug-likeness (QED) is 0.168. The predicted molar refractivity (Wildman–Crippen MR) is 154 cm³/mol. The lowest BCUT2D eigenvalue weighted by Crippen LogP contribution is -2.33. The molecule has 0 unspecified atom stereocenters. The summed E-state index contributed by atoms with van der Waals surface area (Å²) >= 11 is 5.77. The zero-order valence-corrected chi connectivity index (χ0v) is 22.2. The average Bonchev–Trinajstić information content (AvgIpc) is 3.57. The first-order valence-electron chi connectivity index (χ1n) is 12.7. The average molecular weight is 541 g/mol. The molecule has 0 saturated carbocycles. The highest BCUT2D eigenvalue weighted by Crippen LogP contribution is 2.39. The molecule has 39 heavy (non-hydrogen) atoms. The Morgan fingerprint density at radius 2 is 1.85 bits per heavy atom. The van der Waals surface area contributed by atoms with E-state index >= 15 is 0 Å². The molecule has 0 bridgehead atoms. The molecule has 4 aromatic rings. The maximum Gasteiger partial charge on any atom is 0.269 e. The number of carbonyl (C=O) groups excluding carboxylic acids is 1. The summed E-state index contributed by atoms with van der Waals surface area (Å²) in [7, 11) is 0. The molecule has 0 radical (unpaired) electrons. The van der Waals surface area contributed by atoms with Gasteiger partial charge in [0.1, 0.15) is 0 Å². The topological polar surface area (TPSA) is 105 Å². The van der Waals surface area contributed by atoms with Crippen molar-refractivity contribution in [2.45, 2.75) is 31.8 Å². The number of amides is 1. The van der Waals surface area contributed by atoms with Crippen molar-refractivity contribution in [3.05, 3.63) is 118 Å². The van der Waals surface area contributed by atoms with E-state index in [1.807, 2.05) is 70.3 Å². The van der Waals surface area contributed by atoms with Gasteiger partial charge in [-0.1, -0.05) is 31.2 Å². The number of nitro groups is 1. The van der Waals surface area contributed by atoms with Crippen LogP contribution >= 0.6 is 12.2 Å². The Balaban J connectivity index is 1.44. The molecule has 0 spiro atoms. The van der Waals surface area contributed by atoms with E-state index in [9.17, 15) is 14.9 Å². The van der Waals surface area contributed by atoms with Crippen molar-refractivity contribution in [3.8, 4) is 5.69 Å². The van der Waals surface area contributed by atoms with E-state index in [0.29, 0.717) is 11.7 Å². The van der Waals surface area contributed by atoms with Crippen LogP contribution in [0.25, 0.3) is 5.69 Å². The minimum absolute atomic E-state index is 0.0276. The van der Waals surface area contributed by atoms with Crippen molar-refractivity contribution < 1.29 is 9.72 Å². The Morgan fingerprint density at radius 3 is 2.56 bits per heavy atom. The Hall–Kier alpha value is -4.57. The van der Waals surface area contributed by atoms with E-state index in [1.54, 1.807) is 18.3 Å². The van der Waals surface area contributed by atoms with Crippen molar-refractivity contribution in [2.24, 2.45) is 0 Å². The fourth-order valence-electron chi connectivity index (χ4n) is 4.96. The molecular formula is C29H28N6O3S. The number of nitro benzene ring substituents is 1. The SMILES string of the molecule is CCc1ccccc1NC(=O)CCN1C(=S)N[C@@H](c2ccccn2)[C@H]1c1cccn1-c1ccc([N+](=O)[O-])cc1. The van der Waals surface area contributed by atoms with Gasteiger partial charge >= 0.3 is 0 Å². The minimum Gasteiger partial charge on any atom is -0.352 e. The molecule has 5 rings (SSSR count). The number of thiocarbonyl (C=S) groups is 1. The monoisotopic (exact) mass is 540 g/mol. The van der Waals surface area contributed by atoms with Crippen molar-refractivity contribution in [2.75, 3.05) is 11.9 Å². The predicted octanol–water partition coefficient (Wildman–Crippen LogP) is 5.34. The van der Waals surface area contributed by atoms with Crippen LogP contribution in [-0.2, 0) is 11.2 Å². The number of pyridine rings is 1. The van der Waals surface area contributed by atoms with Crippen LogP contribution in [0, 0.1) is 10.1 Å². The first-order valence-corrected chi connectivity index (χ1v) is 13.1. The van der Waals surface area contributed by atoms with E-state index in [1.165, 1.54) is 12.1 Å². The summed E-state index contributed by atoms with van der Waals surface area (Å²) in [5.74, 6) is -0.0931. The number of anilines is 1. The normalized spacial score (nSPS) is 16.6. The van der Waals surface area contributed by atoms with Crippen molar-refractivity contribution >= 4 is 34.6 Å². The number of para-hydroxylation sites is 1. The van der Waals surface area contributed by atoms with Gasteiger partial charge in [0.05, 0.1) is 22.7 Å². The van der Waals surface area contributed by atoms with Gasteiger partial charge in [0, 0.05) is 54.6 Å². The summed E-state index contributed by atoms with van der Waals surface area (Å²) in [6, 6.07) is 23.4. The Kier molecular flexibility index (Phi) is 7.64. The van der Waals surface area contributed by atoms with Gasteiger partial charge in [0.25, 0.3) is 5.69 Å². The zero-order valence-electron chi connectivity index (χ0n) is 21.4. The molecular weight excluding hydrogens is 512 g/mol. The number of aryl methyl sites for hydroxylation is 1. The Morgan fingerprint density at radius 1 is 1.08 bits per heavy atom. The van der Waals surface area contributed by atoms with E-state index in [4.69, 9.17) is 12.2 Å². The summed E-state index contributed by atoms with van der Waals surface area (Å²) in [5.41, 5.74) is 4.46. The molecule has 2 atom stereocenters. The molecule has 2 aromatic carbocycles. The summed E-state index contributed by atoms with van der Waals surface area (Å²) in [5, 5.41) is 18.2. The molecule has 1 saturated heterocycles. The van der Waals surface area contributed by atoms with Gasteiger partial charge < -0.3 is 20.1 Å². The van der Waals surface area contributed by atoms with E-state index < -0.39 is 4.92 Å². The van der Waals surface area contributed by atoms with Gasteiger partial charge in [-0.05, 0) is 66.7 Å². The minimum atomic E-state index is -0.414. The summed E-state index contributed by atoms with van der Waals surface area (Å²) in [6.45, 7) is 2.45. The first-order chi connectivity index (χ1) is 19.0. The highest BCUT2D eigenvalue weighted by Gasteiger charge is 2.41. The van der Waals surface area contributed by atoms with Crippen LogP contribution in [0.5, 0.6) is 0 Å². The van der Waals surface area contributed by atoms with Crippen LogP contribution in [0.3, 0.4) is 0 Å². The van der Waals surface area contributed by atoms with Gasteiger partial charge in [-0.3, -0.25) is 19.9 Å². The summed E-state index contributed by atoms with van der Waals surface area (Å²) < 4.78 is 1.99. The largest absolute Gasteiger partial charge is 0.352 e. The van der Waals surface area contributed by atoms with Crippen molar-refractivity contribution in [1.82, 2.24) is 19.8 Å². The zero-order chi connectivity index (χ0) is 27.4. The molecule has 1 fully saturated rings. The molecule has 1 aliphatic heterocycles. The second kappa shape index (κ2) is 11.4. The Bertz CT molecular complexity index is 1490. The van der Waals surface area contributed by atoms with Gasteiger partial charge in [-0.15, -0.1) is 0 Å². The maximum absolute atomic E-state index is 13.0. The molecule has 2 N–H and O–H groups in total. The number of carbonyl (C=O) groups is 1.